The zero-order chi connectivity index (χ0) is 12.4. The minimum absolute atomic E-state index is 0.0380. The summed E-state index contributed by atoms with van der Waals surface area (Å²) in [4.78, 5) is 27.4. The van der Waals surface area contributed by atoms with E-state index in [1.165, 1.54) is 12.8 Å². The van der Waals surface area contributed by atoms with Crippen LogP contribution in [-0.2, 0) is 9.59 Å². The van der Waals surface area contributed by atoms with Crippen molar-refractivity contribution >= 4 is 11.8 Å². The number of likely N-dealkylation sites (tertiary alicyclic amines) is 1. The molecule has 2 amide bonds. The van der Waals surface area contributed by atoms with Gasteiger partial charge in [-0.3, -0.25) is 9.59 Å². The molecule has 2 rings (SSSR count). The summed E-state index contributed by atoms with van der Waals surface area (Å²) < 4.78 is 0. The van der Waals surface area contributed by atoms with Crippen molar-refractivity contribution in [2.45, 2.75) is 38.3 Å². The van der Waals surface area contributed by atoms with E-state index in [9.17, 15) is 9.59 Å². The number of amides is 2. The van der Waals surface area contributed by atoms with Gasteiger partial charge >= 0.3 is 0 Å². The van der Waals surface area contributed by atoms with Gasteiger partial charge in [-0.05, 0) is 33.4 Å². The SMILES string of the molecule is CC1C(=O)NCC(=O)N1CC1CCCCN1C. The van der Waals surface area contributed by atoms with Gasteiger partial charge in [0.1, 0.15) is 6.04 Å². The zero-order valence-corrected chi connectivity index (χ0v) is 10.6. The summed E-state index contributed by atoms with van der Waals surface area (Å²) >= 11 is 0. The van der Waals surface area contributed by atoms with Gasteiger partial charge in [-0.2, -0.15) is 0 Å². The summed E-state index contributed by atoms with van der Waals surface area (Å²) in [5.41, 5.74) is 0. The second-order valence-electron chi connectivity index (χ2n) is 5.07. The Kier molecular flexibility index (Phi) is 3.66. The first-order chi connectivity index (χ1) is 8.09. The molecule has 0 radical (unpaired) electrons. The Morgan fingerprint density at radius 3 is 2.82 bits per heavy atom. The Hall–Kier alpha value is -1.10. The summed E-state index contributed by atoms with van der Waals surface area (Å²) in [6.45, 7) is 3.73. The molecule has 0 saturated carbocycles. The van der Waals surface area contributed by atoms with Crippen molar-refractivity contribution in [1.29, 1.82) is 0 Å². The smallest absolute Gasteiger partial charge is 0.242 e. The first kappa shape index (κ1) is 12.4. The molecule has 2 fully saturated rings. The molecule has 1 N–H and O–H groups in total. The van der Waals surface area contributed by atoms with Crippen molar-refractivity contribution in [1.82, 2.24) is 15.1 Å². The third-order valence-electron chi connectivity index (χ3n) is 3.91. The fraction of sp³-hybridized carbons (Fsp3) is 0.833. The lowest BCUT2D eigenvalue weighted by Crippen LogP contribution is -2.60. The van der Waals surface area contributed by atoms with Crippen LogP contribution in [0.1, 0.15) is 26.2 Å². The van der Waals surface area contributed by atoms with Gasteiger partial charge in [0.15, 0.2) is 0 Å². The number of nitrogens with one attached hydrogen (secondary N) is 1. The van der Waals surface area contributed by atoms with Crippen LogP contribution in [0.5, 0.6) is 0 Å². The molecule has 5 nitrogen and oxygen atoms in total. The molecule has 2 aliphatic heterocycles. The maximum atomic E-state index is 11.8. The molecule has 2 heterocycles. The Labute approximate surface area is 102 Å². The van der Waals surface area contributed by atoms with Crippen molar-refractivity contribution in [3.8, 4) is 0 Å². The number of carbonyl (C=O) groups excluding carboxylic acids is 2. The van der Waals surface area contributed by atoms with Crippen LogP contribution in [0.3, 0.4) is 0 Å². The monoisotopic (exact) mass is 239 g/mol. The predicted molar refractivity (Wildman–Crippen MR) is 64.5 cm³/mol. The van der Waals surface area contributed by atoms with E-state index in [1.54, 1.807) is 11.8 Å². The van der Waals surface area contributed by atoms with Crippen molar-refractivity contribution in [2.75, 3.05) is 26.7 Å². The first-order valence-corrected chi connectivity index (χ1v) is 6.37. The quantitative estimate of drug-likeness (QED) is 0.727. The molecule has 2 unspecified atom stereocenters. The number of carbonyl (C=O) groups is 2. The molecule has 0 spiro atoms. The molecule has 0 aromatic carbocycles. The molecule has 0 aromatic rings. The molecular weight excluding hydrogens is 218 g/mol. The Morgan fingerprint density at radius 1 is 1.35 bits per heavy atom. The van der Waals surface area contributed by atoms with Crippen molar-refractivity contribution in [3.05, 3.63) is 0 Å². The van der Waals surface area contributed by atoms with E-state index in [4.69, 9.17) is 0 Å². The van der Waals surface area contributed by atoms with Crippen LogP contribution in [0.2, 0.25) is 0 Å². The lowest BCUT2D eigenvalue weighted by molar-refractivity contribution is -0.145. The fourth-order valence-corrected chi connectivity index (χ4v) is 2.63. The lowest BCUT2D eigenvalue weighted by atomic mass is 10.0. The van der Waals surface area contributed by atoms with E-state index in [2.05, 4.69) is 17.3 Å². The number of hydrogen-bond donors (Lipinski definition) is 1. The van der Waals surface area contributed by atoms with E-state index < -0.39 is 0 Å². The van der Waals surface area contributed by atoms with E-state index >= 15 is 0 Å². The van der Waals surface area contributed by atoms with Crippen LogP contribution in [-0.4, -0.2) is 60.4 Å². The lowest BCUT2D eigenvalue weighted by Gasteiger charge is -2.40. The normalized spacial score (nSPS) is 31.5. The highest BCUT2D eigenvalue weighted by Gasteiger charge is 2.33. The second kappa shape index (κ2) is 5.04. The minimum Gasteiger partial charge on any atom is -0.345 e. The van der Waals surface area contributed by atoms with Gasteiger partial charge in [0.05, 0.1) is 6.54 Å². The molecule has 0 aromatic heterocycles. The van der Waals surface area contributed by atoms with Gasteiger partial charge in [-0.1, -0.05) is 6.42 Å². The van der Waals surface area contributed by atoms with E-state index in [1.807, 2.05) is 0 Å². The summed E-state index contributed by atoms with van der Waals surface area (Å²) in [7, 11) is 2.10. The maximum Gasteiger partial charge on any atom is 0.242 e. The molecule has 5 heteroatoms. The number of piperidine rings is 1. The molecule has 2 atom stereocenters. The van der Waals surface area contributed by atoms with Crippen LogP contribution in [0.4, 0.5) is 0 Å². The van der Waals surface area contributed by atoms with Crippen LogP contribution in [0.15, 0.2) is 0 Å². The van der Waals surface area contributed by atoms with Gasteiger partial charge in [-0.15, -0.1) is 0 Å². The largest absolute Gasteiger partial charge is 0.345 e. The van der Waals surface area contributed by atoms with E-state index in [0.29, 0.717) is 12.6 Å². The summed E-state index contributed by atoms with van der Waals surface area (Å²) in [5, 5.41) is 2.62. The van der Waals surface area contributed by atoms with Gasteiger partial charge in [0.25, 0.3) is 0 Å². The number of likely N-dealkylation sites (N-methyl/N-ethyl adjacent to an activating group) is 1. The van der Waals surface area contributed by atoms with Crippen molar-refractivity contribution < 1.29 is 9.59 Å². The summed E-state index contributed by atoms with van der Waals surface area (Å²) in [6.07, 6.45) is 3.57. The highest BCUT2D eigenvalue weighted by molar-refractivity contribution is 5.94. The van der Waals surface area contributed by atoms with Crippen molar-refractivity contribution in [2.24, 2.45) is 0 Å². The average Bonchev–Trinajstić information content (AvgIpc) is 2.32. The number of hydrogen-bond acceptors (Lipinski definition) is 3. The zero-order valence-electron chi connectivity index (χ0n) is 10.6. The van der Waals surface area contributed by atoms with Gasteiger partial charge in [-0.25, -0.2) is 0 Å². The van der Waals surface area contributed by atoms with Crippen LogP contribution < -0.4 is 5.32 Å². The molecule has 2 saturated heterocycles. The molecular formula is C12H21N3O2. The van der Waals surface area contributed by atoms with Crippen LogP contribution in [0, 0.1) is 0 Å². The predicted octanol–water partition coefficient (Wildman–Crippen LogP) is -0.182. The maximum absolute atomic E-state index is 11.8. The second-order valence-corrected chi connectivity index (χ2v) is 5.07. The number of rotatable bonds is 2. The first-order valence-electron chi connectivity index (χ1n) is 6.37. The van der Waals surface area contributed by atoms with E-state index in [-0.39, 0.29) is 24.4 Å². The Balaban J connectivity index is 2.00. The van der Waals surface area contributed by atoms with Crippen LogP contribution >= 0.6 is 0 Å². The molecule has 0 bridgehead atoms. The standard InChI is InChI=1S/C12H21N3O2/c1-9-12(17)13-7-11(16)15(9)8-10-5-3-4-6-14(10)2/h9-10H,3-8H2,1-2H3,(H,13,17). The Bertz CT molecular complexity index is 319. The van der Waals surface area contributed by atoms with Gasteiger partial charge in [0, 0.05) is 12.6 Å². The van der Waals surface area contributed by atoms with Gasteiger partial charge < -0.3 is 15.1 Å². The highest BCUT2D eigenvalue weighted by Crippen LogP contribution is 2.18. The number of piperazine rings is 1. The molecule has 96 valence electrons. The third-order valence-corrected chi connectivity index (χ3v) is 3.91. The Morgan fingerprint density at radius 2 is 2.12 bits per heavy atom. The van der Waals surface area contributed by atoms with E-state index in [0.717, 1.165) is 13.0 Å². The summed E-state index contributed by atoms with van der Waals surface area (Å²) in [5.74, 6) is -0.000800. The minimum atomic E-state index is -0.327. The third kappa shape index (κ3) is 2.60. The average molecular weight is 239 g/mol. The molecule has 17 heavy (non-hydrogen) atoms. The summed E-state index contributed by atoms with van der Waals surface area (Å²) in [6, 6.07) is 0.0765. The fourth-order valence-electron chi connectivity index (χ4n) is 2.63. The topological polar surface area (TPSA) is 52.7 Å². The van der Waals surface area contributed by atoms with Crippen LogP contribution in [0.25, 0.3) is 0 Å². The molecule has 2 aliphatic rings. The van der Waals surface area contributed by atoms with Gasteiger partial charge in [0.2, 0.25) is 11.8 Å². The highest BCUT2D eigenvalue weighted by atomic mass is 16.2. The van der Waals surface area contributed by atoms with Crippen molar-refractivity contribution in [3.63, 3.8) is 0 Å². The number of nitrogens with zero attached hydrogens (tertiary/aromatic N) is 2. The molecule has 0 aliphatic carbocycles.